The van der Waals surface area contributed by atoms with E-state index in [2.05, 4.69) is 11.8 Å². The van der Waals surface area contributed by atoms with Crippen LogP contribution in [0, 0.1) is 17.7 Å². The second kappa shape index (κ2) is 6.05. The average Bonchev–Trinajstić information content (AvgIpc) is 2.18. The minimum absolute atomic E-state index is 0.335. The molecule has 1 rings (SSSR count). The number of hydrogen-bond acceptors (Lipinski definition) is 2. The Balaban J connectivity index is 2.85. The Morgan fingerprint density at radius 3 is 2.87 bits per heavy atom. The van der Waals surface area contributed by atoms with Gasteiger partial charge in [-0.05, 0) is 19.1 Å². The van der Waals surface area contributed by atoms with E-state index >= 15 is 0 Å². The molecule has 0 bridgehead atoms. The highest BCUT2D eigenvalue weighted by Gasteiger charge is 1.98. The van der Waals surface area contributed by atoms with E-state index in [1.807, 2.05) is 6.92 Å². The topological polar surface area (TPSA) is 35.2 Å². The van der Waals surface area contributed by atoms with Crippen molar-refractivity contribution in [2.75, 3.05) is 13.2 Å². The summed E-state index contributed by atoms with van der Waals surface area (Å²) >= 11 is 0. The van der Waals surface area contributed by atoms with Crippen LogP contribution in [0.3, 0.4) is 0 Å². The van der Waals surface area contributed by atoms with Crippen LogP contribution in [0.2, 0.25) is 0 Å². The van der Waals surface area contributed by atoms with Gasteiger partial charge in [-0.15, -0.1) is 0 Å². The van der Waals surface area contributed by atoms with E-state index in [1.165, 1.54) is 12.1 Å². The molecule has 0 heterocycles. The van der Waals surface area contributed by atoms with Gasteiger partial charge in [-0.25, -0.2) is 4.39 Å². The molecule has 0 aromatic heterocycles. The lowest BCUT2D eigenvalue weighted by molar-refractivity contribution is 0.338. The molecule has 3 heteroatoms. The zero-order valence-electron chi connectivity index (χ0n) is 8.72. The zero-order chi connectivity index (χ0) is 11.1. The Hall–Kier alpha value is -1.53. The van der Waals surface area contributed by atoms with E-state index in [1.54, 1.807) is 6.07 Å². The SMILES string of the molecule is CCOc1cc(F)cc(C#CCCN)c1. The lowest BCUT2D eigenvalue weighted by Gasteiger charge is -2.03. The molecular weight excluding hydrogens is 193 g/mol. The molecule has 0 saturated carbocycles. The molecule has 1 aromatic carbocycles. The highest BCUT2D eigenvalue weighted by molar-refractivity contribution is 5.40. The predicted octanol–water partition coefficient (Wildman–Crippen LogP) is 1.92. The first kappa shape index (κ1) is 11.5. The van der Waals surface area contributed by atoms with Gasteiger partial charge in [0.25, 0.3) is 0 Å². The second-order valence-electron chi connectivity index (χ2n) is 2.95. The Labute approximate surface area is 89.2 Å². The summed E-state index contributed by atoms with van der Waals surface area (Å²) in [6, 6.07) is 4.44. The van der Waals surface area contributed by atoms with Crippen LogP contribution in [0.1, 0.15) is 18.9 Å². The van der Waals surface area contributed by atoms with Gasteiger partial charge < -0.3 is 10.5 Å². The first-order chi connectivity index (χ1) is 7.26. The van der Waals surface area contributed by atoms with Crippen LogP contribution in [-0.2, 0) is 0 Å². The number of benzene rings is 1. The fraction of sp³-hybridized carbons (Fsp3) is 0.333. The van der Waals surface area contributed by atoms with Crippen LogP contribution in [0.15, 0.2) is 18.2 Å². The molecule has 0 atom stereocenters. The van der Waals surface area contributed by atoms with E-state index < -0.39 is 0 Å². The van der Waals surface area contributed by atoms with E-state index in [9.17, 15) is 4.39 Å². The molecule has 2 N–H and O–H groups in total. The molecule has 0 saturated heterocycles. The Morgan fingerprint density at radius 1 is 1.40 bits per heavy atom. The maximum absolute atomic E-state index is 13.1. The molecule has 80 valence electrons. The molecule has 2 nitrogen and oxygen atoms in total. The summed E-state index contributed by atoms with van der Waals surface area (Å²) in [4.78, 5) is 0. The van der Waals surface area contributed by atoms with Gasteiger partial charge >= 0.3 is 0 Å². The summed E-state index contributed by atoms with van der Waals surface area (Å²) in [7, 11) is 0. The summed E-state index contributed by atoms with van der Waals surface area (Å²) in [6.07, 6.45) is 0.612. The summed E-state index contributed by atoms with van der Waals surface area (Å²) in [5.41, 5.74) is 5.92. The number of halogens is 1. The van der Waals surface area contributed by atoms with Crippen molar-refractivity contribution < 1.29 is 9.13 Å². The smallest absolute Gasteiger partial charge is 0.128 e. The van der Waals surface area contributed by atoms with Crippen molar-refractivity contribution in [1.29, 1.82) is 0 Å². The molecular formula is C12H14FNO. The molecule has 1 aromatic rings. The summed E-state index contributed by atoms with van der Waals surface area (Å²) in [5.74, 6) is 5.86. The van der Waals surface area contributed by atoms with E-state index in [-0.39, 0.29) is 5.82 Å². The molecule has 0 unspecified atom stereocenters. The van der Waals surface area contributed by atoms with Crippen molar-refractivity contribution >= 4 is 0 Å². The summed E-state index contributed by atoms with van der Waals surface area (Å²) in [5, 5.41) is 0. The van der Waals surface area contributed by atoms with Crippen molar-refractivity contribution in [3.8, 4) is 17.6 Å². The van der Waals surface area contributed by atoms with Gasteiger partial charge in [0.15, 0.2) is 0 Å². The Bertz CT molecular complexity index is 379. The van der Waals surface area contributed by atoms with E-state index in [0.717, 1.165) is 0 Å². The minimum atomic E-state index is -0.335. The van der Waals surface area contributed by atoms with Crippen molar-refractivity contribution in [1.82, 2.24) is 0 Å². The van der Waals surface area contributed by atoms with Crippen LogP contribution in [0.5, 0.6) is 5.75 Å². The third-order valence-corrected chi connectivity index (χ3v) is 1.68. The van der Waals surface area contributed by atoms with Gasteiger partial charge in [0.05, 0.1) is 6.61 Å². The van der Waals surface area contributed by atoms with Gasteiger partial charge in [0.1, 0.15) is 11.6 Å². The summed E-state index contributed by atoms with van der Waals surface area (Å²) < 4.78 is 18.3. The van der Waals surface area contributed by atoms with E-state index in [4.69, 9.17) is 10.5 Å². The number of ether oxygens (including phenoxy) is 1. The predicted molar refractivity (Wildman–Crippen MR) is 58.1 cm³/mol. The monoisotopic (exact) mass is 207 g/mol. The first-order valence-corrected chi connectivity index (χ1v) is 4.88. The van der Waals surface area contributed by atoms with Crippen LogP contribution in [0.25, 0.3) is 0 Å². The largest absolute Gasteiger partial charge is 0.494 e. The van der Waals surface area contributed by atoms with E-state index in [0.29, 0.717) is 30.9 Å². The number of hydrogen-bond donors (Lipinski definition) is 1. The lowest BCUT2D eigenvalue weighted by atomic mass is 10.2. The fourth-order valence-corrected chi connectivity index (χ4v) is 1.12. The number of rotatable bonds is 3. The quantitative estimate of drug-likeness (QED) is 0.768. The van der Waals surface area contributed by atoms with Crippen LogP contribution < -0.4 is 10.5 Å². The van der Waals surface area contributed by atoms with Crippen molar-refractivity contribution in [3.63, 3.8) is 0 Å². The second-order valence-corrected chi connectivity index (χ2v) is 2.95. The number of nitrogens with two attached hydrogens (primary N) is 1. The maximum Gasteiger partial charge on any atom is 0.128 e. The zero-order valence-corrected chi connectivity index (χ0v) is 8.72. The highest BCUT2D eigenvalue weighted by Crippen LogP contribution is 2.15. The third-order valence-electron chi connectivity index (χ3n) is 1.68. The lowest BCUT2D eigenvalue weighted by Crippen LogP contribution is -1.95. The molecule has 15 heavy (non-hydrogen) atoms. The van der Waals surface area contributed by atoms with Gasteiger partial charge in [-0.1, -0.05) is 11.8 Å². The fourth-order valence-electron chi connectivity index (χ4n) is 1.12. The average molecular weight is 207 g/mol. The third kappa shape index (κ3) is 4.01. The molecule has 0 amide bonds. The van der Waals surface area contributed by atoms with Crippen LogP contribution in [-0.4, -0.2) is 13.2 Å². The minimum Gasteiger partial charge on any atom is -0.494 e. The van der Waals surface area contributed by atoms with Gasteiger partial charge in [0, 0.05) is 24.6 Å². The van der Waals surface area contributed by atoms with Gasteiger partial charge in [0.2, 0.25) is 0 Å². The highest BCUT2D eigenvalue weighted by atomic mass is 19.1. The van der Waals surface area contributed by atoms with Crippen molar-refractivity contribution in [2.24, 2.45) is 5.73 Å². The maximum atomic E-state index is 13.1. The molecule has 0 aliphatic carbocycles. The standard InChI is InChI=1S/C12H14FNO/c1-2-15-12-8-10(5-3-4-6-14)7-11(13)9-12/h7-9H,2,4,6,14H2,1H3. The van der Waals surface area contributed by atoms with Crippen molar-refractivity contribution in [3.05, 3.63) is 29.6 Å². The van der Waals surface area contributed by atoms with Crippen LogP contribution in [0.4, 0.5) is 4.39 Å². The van der Waals surface area contributed by atoms with Gasteiger partial charge in [-0.2, -0.15) is 0 Å². The Morgan fingerprint density at radius 2 is 2.20 bits per heavy atom. The Kier molecular flexibility index (Phi) is 4.65. The molecule has 0 fully saturated rings. The molecule has 0 radical (unpaired) electrons. The first-order valence-electron chi connectivity index (χ1n) is 4.88. The molecule has 0 aliphatic heterocycles. The van der Waals surface area contributed by atoms with Crippen LogP contribution >= 0.6 is 0 Å². The molecule has 0 spiro atoms. The molecule has 0 aliphatic rings. The summed E-state index contributed by atoms with van der Waals surface area (Å²) in [6.45, 7) is 2.88. The van der Waals surface area contributed by atoms with Crippen molar-refractivity contribution in [2.45, 2.75) is 13.3 Å². The van der Waals surface area contributed by atoms with Gasteiger partial charge in [-0.3, -0.25) is 0 Å². The normalized spacial score (nSPS) is 9.27.